The second-order valence-corrected chi connectivity index (χ2v) is 3.31. The number of aliphatic hydroxyl groups is 1. The quantitative estimate of drug-likeness (QED) is 0.531. The van der Waals surface area contributed by atoms with Crippen molar-refractivity contribution in [2.75, 3.05) is 0 Å². The average molecular weight is 141 g/mol. The molecule has 2 heteroatoms. The molecule has 0 radical (unpaired) electrons. The monoisotopic (exact) mass is 141 g/mol. The first-order valence-corrected chi connectivity index (χ1v) is 3.68. The summed E-state index contributed by atoms with van der Waals surface area (Å²) in [6.45, 7) is 5.60. The minimum atomic E-state index is -0.653. The number of hydrogen-bond acceptors (Lipinski definition) is 2. The predicted molar refractivity (Wildman–Crippen MR) is 41.6 cm³/mol. The highest BCUT2D eigenvalue weighted by Gasteiger charge is 2.35. The number of rotatable bonds is 1. The van der Waals surface area contributed by atoms with E-state index in [9.17, 15) is 5.11 Å². The van der Waals surface area contributed by atoms with Gasteiger partial charge in [-0.25, -0.2) is 0 Å². The van der Waals surface area contributed by atoms with E-state index in [0.29, 0.717) is 6.42 Å². The van der Waals surface area contributed by atoms with Crippen LogP contribution in [0.1, 0.15) is 26.2 Å². The molecule has 2 atom stereocenters. The third kappa shape index (κ3) is 1.22. The zero-order valence-corrected chi connectivity index (χ0v) is 6.43. The highest BCUT2D eigenvalue weighted by Crippen LogP contribution is 2.33. The fraction of sp³-hybridized carbons (Fsp3) is 0.750. The molecule has 58 valence electrons. The molecule has 0 aromatic heterocycles. The predicted octanol–water partition coefficient (Wildman–Crippen LogP) is 0.805. The van der Waals surface area contributed by atoms with Crippen LogP contribution in [0.2, 0.25) is 0 Å². The van der Waals surface area contributed by atoms with Crippen LogP contribution in [0.25, 0.3) is 0 Å². The lowest BCUT2D eigenvalue weighted by atomic mass is 9.94. The Balaban J connectivity index is 2.63. The van der Waals surface area contributed by atoms with Crippen LogP contribution in [0.4, 0.5) is 0 Å². The fourth-order valence-electron chi connectivity index (χ4n) is 1.45. The first kappa shape index (κ1) is 7.76. The van der Waals surface area contributed by atoms with E-state index in [2.05, 4.69) is 6.58 Å². The third-order valence-electron chi connectivity index (χ3n) is 2.32. The summed E-state index contributed by atoms with van der Waals surface area (Å²) < 4.78 is 0. The molecule has 0 aromatic carbocycles. The molecule has 0 aliphatic heterocycles. The van der Waals surface area contributed by atoms with Gasteiger partial charge in [-0.15, -0.1) is 0 Å². The Hall–Kier alpha value is -0.340. The maximum absolute atomic E-state index is 9.76. The lowest BCUT2D eigenvalue weighted by Crippen LogP contribution is -2.28. The zero-order chi connectivity index (χ0) is 7.78. The van der Waals surface area contributed by atoms with Crippen LogP contribution in [0.3, 0.4) is 0 Å². The van der Waals surface area contributed by atoms with E-state index in [0.717, 1.165) is 18.4 Å². The second-order valence-electron chi connectivity index (χ2n) is 3.31. The molecule has 0 spiro atoms. The summed E-state index contributed by atoms with van der Waals surface area (Å²) in [5.74, 6) is 0. The van der Waals surface area contributed by atoms with Gasteiger partial charge < -0.3 is 10.8 Å². The van der Waals surface area contributed by atoms with Crippen LogP contribution in [0.15, 0.2) is 12.2 Å². The topological polar surface area (TPSA) is 46.2 Å². The van der Waals surface area contributed by atoms with Crippen molar-refractivity contribution >= 4 is 0 Å². The van der Waals surface area contributed by atoms with Gasteiger partial charge >= 0.3 is 0 Å². The van der Waals surface area contributed by atoms with E-state index < -0.39 is 5.60 Å². The summed E-state index contributed by atoms with van der Waals surface area (Å²) in [6.07, 6.45) is 2.38. The van der Waals surface area contributed by atoms with Crippen molar-refractivity contribution in [3.8, 4) is 0 Å². The Kier molecular flexibility index (Phi) is 1.84. The molecule has 2 unspecified atom stereocenters. The highest BCUT2D eigenvalue weighted by atomic mass is 16.3. The van der Waals surface area contributed by atoms with Crippen LogP contribution in [-0.4, -0.2) is 16.7 Å². The minimum absolute atomic E-state index is 0.168. The molecule has 0 saturated heterocycles. The normalized spacial score (nSPS) is 40.1. The Morgan fingerprint density at radius 3 is 2.60 bits per heavy atom. The number of hydrogen-bond donors (Lipinski definition) is 2. The van der Waals surface area contributed by atoms with Crippen molar-refractivity contribution in [2.45, 2.75) is 37.8 Å². The minimum Gasteiger partial charge on any atom is -0.385 e. The zero-order valence-electron chi connectivity index (χ0n) is 6.43. The van der Waals surface area contributed by atoms with E-state index in [1.165, 1.54) is 0 Å². The van der Waals surface area contributed by atoms with Gasteiger partial charge in [0, 0.05) is 6.04 Å². The summed E-state index contributed by atoms with van der Waals surface area (Å²) in [7, 11) is 0. The molecule has 0 amide bonds. The van der Waals surface area contributed by atoms with Gasteiger partial charge in [-0.2, -0.15) is 0 Å². The van der Waals surface area contributed by atoms with Crippen molar-refractivity contribution in [1.29, 1.82) is 0 Å². The molecular formula is C8H15NO. The summed E-state index contributed by atoms with van der Waals surface area (Å²) in [5, 5.41) is 9.76. The lowest BCUT2D eigenvalue weighted by molar-refractivity contribution is 0.0854. The SMILES string of the molecule is C=C(C)C1(O)CCC(N)C1. The first-order valence-electron chi connectivity index (χ1n) is 3.68. The molecule has 3 N–H and O–H groups in total. The lowest BCUT2D eigenvalue weighted by Gasteiger charge is -2.22. The largest absolute Gasteiger partial charge is 0.385 e. The molecule has 1 aliphatic rings. The Morgan fingerprint density at radius 1 is 1.80 bits per heavy atom. The average Bonchev–Trinajstić information content (AvgIpc) is 2.13. The summed E-state index contributed by atoms with van der Waals surface area (Å²) >= 11 is 0. The second kappa shape index (κ2) is 2.36. The van der Waals surface area contributed by atoms with Crippen LogP contribution in [0, 0.1) is 0 Å². The van der Waals surface area contributed by atoms with Crippen LogP contribution < -0.4 is 5.73 Å². The van der Waals surface area contributed by atoms with Crippen LogP contribution in [-0.2, 0) is 0 Å². The van der Waals surface area contributed by atoms with E-state index in [1.807, 2.05) is 6.92 Å². The molecule has 1 aliphatic carbocycles. The van der Waals surface area contributed by atoms with Crippen molar-refractivity contribution < 1.29 is 5.11 Å². The van der Waals surface area contributed by atoms with E-state index >= 15 is 0 Å². The van der Waals surface area contributed by atoms with Gasteiger partial charge in [0.15, 0.2) is 0 Å². The smallest absolute Gasteiger partial charge is 0.0866 e. The summed E-state index contributed by atoms with van der Waals surface area (Å²) in [4.78, 5) is 0. The molecule has 10 heavy (non-hydrogen) atoms. The molecule has 1 rings (SSSR count). The Labute approximate surface area is 61.7 Å². The van der Waals surface area contributed by atoms with Gasteiger partial charge in [-0.1, -0.05) is 6.58 Å². The van der Waals surface area contributed by atoms with E-state index in [4.69, 9.17) is 5.73 Å². The Morgan fingerprint density at radius 2 is 2.40 bits per heavy atom. The van der Waals surface area contributed by atoms with E-state index in [1.54, 1.807) is 0 Å². The highest BCUT2D eigenvalue weighted by molar-refractivity contribution is 5.13. The molecule has 0 bridgehead atoms. The van der Waals surface area contributed by atoms with Crippen molar-refractivity contribution in [3.05, 3.63) is 12.2 Å². The van der Waals surface area contributed by atoms with Crippen molar-refractivity contribution in [2.24, 2.45) is 5.73 Å². The third-order valence-corrected chi connectivity index (χ3v) is 2.32. The molecule has 0 heterocycles. The van der Waals surface area contributed by atoms with Gasteiger partial charge in [-0.3, -0.25) is 0 Å². The first-order chi connectivity index (χ1) is 4.54. The molecule has 0 aromatic rings. The Bertz CT molecular complexity index is 155. The molecule has 2 nitrogen and oxygen atoms in total. The fourth-order valence-corrected chi connectivity index (χ4v) is 1.45. The van der Waals surface area contributed by atoms with Gasteiger partial charge in [-0.05, 0) is 31.8 Å². The summed E-state index contributed by atoms with van der Waals surface area (Å²) in [5.41, 5.74) is 5.84. The molecule has 1 fully saturated rings. The maximum atomic E-state index is 9.76. The van der Waals surface area contributed by atoms with Gasteiger partial charge in [0.25, 0.3) is 0 Å². The van der Waals surface area contributed by atoms with Gasteiger partial charge in [0.05, 0.1) is 5.60 Å². The van der Waals surface area contributed by atoms with Crippen LogP contribution >= 0.6 is 0 Å². The van der Waals surface area contributed by atoms with Crippen molar-refractivity contribution in [3.63, 3.8) is 0 Å². The van der Waals surface area contributed by atoms with Gasteiger partial charge in [0.1, 0.15) is 0 Å². The number of nitrogens with two attached hydrogens (primary N) is 1. The van der Waals surface area contributed by atoms with Crippen LogP contribution in [0.5, 0.6) is 0 Å². The van der Waals surface area contributed by atoms with E-state index in [-0.39, 0.29) is 6.04 Å². The van der Waals surface area contributed by atoms with Crippen molar-refractivity contribution in [1.82, 2.24) is 0 Å². The molecule has 1 saturated carbocycles. The molecular weight excluding hydrogens is 126 g/mol. The van der Waals surface area contributed by atoms with Gasteiger partial charge in [0.2, 0.25) is 0 Å². The maximum Gasteiger partial charge on any atom is 0.0866 e. The summed E-state index contributed by atoms with van der Waals surface area (Å²) in [6, 6.07) is 0.168. The standard InChI is InChI=1S/C8H15NO/c1-6(2)8(10)4-3-7(9)5-8/h7,10H,1,3-5,9H2,2H3.